The Bertz CT molecular complexity index is 837. The lowest BCUT2D eigenvalue weighted by Gasteiger charge is -2.38. The molecule has 1 aliphatic rings. The minimum atomic E-state index is -1.16. The molecule has 0 bridgehead atoms. The van der Waals surface area contributed by atoms with Crippen LogP contribution in [0.25, 0.3) is 0 Å². The third-order valence-electron chi connectivity index (χ3n) is 4.98. The fourth-order valence-corrected chi connectivity index (χ4v) is 4.73. The highest BCUT2D eigenvalue weighted by atomic mass is 35.5. The summed E-state index contributed by atoms with van der Waals surface area (Å²) in [6.45, 7) is 4.86. The number of amides is 2. The van der Waals surface area contributed by atoms with Crippen LogP contribution < -0.4 is 0 Å². The average molecular weight is 425 g/mol. The summed E-state index contributed by atoms with van der Waals surface area (Å²) in [5, 5.41) is 2.08. The number of halogens is 2. The Balaban J connectivity index is 1.92. The summed E-state index contributed by atoms with van der Waals surface area (Å²) in [4.78, 5) is 28.8. The summed E-state index contributed by atoms with van der Waals surface area (Å²) < 4.78 is 0. The Kier molecular flexibility index (Phi) is 6.45. The normalized spacial score (nSPS) is 16.3. The third-order valence-corrected chi connectivity index (χ3v) is 6.35. The molecule has 1 aromatic carbocycles. The first-order chi connectivity index (χ1) is 12.9. The van der Waals surface area contributed by atoms with Gasteiger partial charge in [-0.05, 0) is 48.4 Å². The number of hydrogen-bond acceptors (Lipinski definition) is 3. The molecule has 2 amide bonds. The first kappa shape index (κ1) is 20.2. The lowest BCUT2D eigenvalue weighted by Crippen LogP contribution is -2.47. The number of nitrogens with zero attached hydrogens (tertiary/aromatic N) is 2. The van der Waals surface area contributed by atoms with Gasteiger partial charge in [0.2, 0.25) is 5.91 Å². The predicted molar refractivity (Wildman–Crippen MR) is 111 cm³/mol. The highest BCUT2D eigenvalue weighted by molar-refractivity contribution is 7.10. The maximum atomic E-state index is 13.2. The Hall–Kier alpha value is -1.56. The molecule has 1 atom stereocenters. The number of carbonyl (C=O) groups excluding carboxylic acids is 2. The molecule has 0 radical (unpaired) electrons. The molecule has 2 aromatic rings. The van der Waals surface area contributed by atoms with Gasteiger partial charge in [0.25, 0.3) is 5.91 Å². The summed E-state index contributed by atoms with van der Waals surface area (Å²) >= 11 is 13.2. The van der Waals surface area contributed by atoms with Gasteiger partial charge >= 0.3 is 0 Å². The van der Waals surface area contributed by atoms with Crippen molar-refractivity contribution in [3.05, 3.63) is 57.3 Å². The van der Waals surface area contributed by atoms with Crippen LogP contribution in [0.4, 0.5) is 0 Å². The molecule has 1 aromatic heterocycles. The smallest absolute Gasteiger partial charge is 0.256 e. The number of fused-ring (bicyclic) bond motifs is 1. The maximum Gasteiger partial charge on any atom is 0.256 e. The minimum Gasteiger partial charge on any atom is -0.331 e. The number of rotatable bonds is 5. The van der Waals surface area contributed by atoms with Gasteiger partial charge in [0.1, 0.15) is 0 Å². The molecule has 3 rings (SSSR count). The van der Waals surface area contributed by atoms with Gasteiger partial charge < -0.3 is 9.80 Å². The van der Waals surface area contributed by atoms with Crippen LogP contribution in [0.15, 0.2) is 35.7 Å². The minimum absolute atomic E-state index is 0.0207. The number of carbonyl (C=O) groups is 2. The van der Waals surface area contributed by atoms with Crippen LogP contribution in [0.5, 0.6) is 0 Å². The van der Waals surface area contributed by atoms with Crippen molar-refractivity contribution >= 4 is 46.4 Å². The number of aryl methyl sites for hydroxylation is 1. The zero-order valence-corrected chi connectivity index (χ0v) is 17.7. The number of hydrogen-bond donors (Lipinski definition) is 0. The second kappa shape index (κ2) is 8.63. The topological polar surface area (TPSA) is 40.6 Å². The third kappa shape index (κ3) is 4.15. The summed E-state index contributed by atoms with van der Waals surface area (Å²) in [5.74, 6) is -0.529. The molecule has 0 saturated carbocycles. The first-order valence-corrected chi connectivity index (χ1v) is 10.7. The van der Waals surface area contributed by atoms with Crippen molar-refractivity contribution < 1.29 is 9.59 Å². The van der Waals surface area contributed by atoms with Crippen molar-refractivity contribution in [3.63, 3.8) is 0 Å². The lowest BCUT2D eigenvalue weighted by molar-refractivity contribution is -0.140. The zero-order valence-electron chi connectivity index (χ0n) is 15.3. The molecule has 144 valence electrons. The van der Waals surface area contributed by atoms with E-state index in [4.69, 9.17) is 23.2 Å². The summed E-state index contributed by atoms with van der Waals surface area (Å²) in [7, 11) is 0. The van der Waals surface area contributed by atoms with E-state index in [1.807, 2.05) is 24.0 Å². The molecule has 27 heavy (non-hydrogen) atoms. The Morgan fingerprint density at radius 1 is 1.26 bits per heavy atom. The molecule has 1 aliphatic heterocycles. The molecule has 0 fully saturated rings. The Labute approximate surface area is 173 Å². The van der Waals surface area contributed by atoms with Crippen LogP contribution >= 0.6 is 34.5 Å². The maximum absolute atomic E-state index is 13.2. The number of alkyl halides is 2. The first-order valence-electron chi connectivity index (χ1n) is 8.92. The van der Waals surface area contributed by atoms with Gasteiger partial charge in [0, 0.05) is 18.0 Å². The number of benzene rings is 1. The highest BCUT2D eigenvalue weighted by Crippen LogP contribution is 2.38. The van der Waals surface area contributed by atoms with E-state index in [0.29, 0.717) is 13.1 Å². The molecular formula is C20H22Cl2N2O2S. The van der Waals surface area contributed by atoms with E-state index >= 15 is 0 Å². The van der Waals surface area contributed by atoms with E-state index in [-0.39, 0.29) is 18.5 Å². The quantitative estimate of drug-likeness (QED) is 0.675. The molecule has 0 spiro atoms. The summed E-state index contributed by atoms with van der Waals surface area (Å²) in [6.07, 6.45) is 0.828. The second-order valence-electron chi connectivity index (χ2n) is 6.55. The summed E-state index contributed by atoms with van der Waals surface area (Å²) in [6, 6.07) is 10.1. The van der Waals surface area contributed by atoms with E-state index < -0.39 is 10.7 Å². The van der Waals surface area contributed by atoms with Crippen LogP contribution in [0, 0.1) is 6.92 Å². The van der Waals surface area contributed by atoms with Crippen LogP contribution in [0.3, 0.4) is 0 Å². The van der Waals surface area contributed by atoms with E-state index in [0.717, 1.165) is 17.5 Å². The van der Waals surface area contributed by atoms with E-state index in [1.165, 1.54) is 15.3 Å². The van der Waals surface area contributed by atoms with Gasteiger partial charge in [-0.1, -0.05) is 47.5 Å². The highest BCUT2D eigenvalue weighted by Gasteiger charge is 2.34. The molecule has 1 unspecified atom stereocenters. The average Bonchev–Trinajstić information content (AvgIpc) is 3.14. The second-order valence-corrected chi connectivity index (χ2v) is 8.65. The van der Waals surface area contributed by atoms with Crippen molar-refractivity contribution in [2.45, 2.75) is 31.1 Å². The van der Waals surface area contributed by atoms with Crippen molar-refractivity contribution in [2.75, 3.05) is 19.6 Å². The Morgan fingerprint density at radius 2 is 2.00 bits per heavy atom. The van der Waals surface area contributed by atoms with Crippen molar-refractivity contribution in [1.82, 2.24) is 9.80 Å². The van der Waals surface area contributed by atoms with Gasteiger partial charge in [-0.2, -0.15) is 0 Å². The number of likely N-dealkylation sites (N-methyl/N-ethyl adjacent to an activating group) is 1. The van der Waals surface area contributed by atoms with Crippen molar-refractivity contribution in [3.8, 4) is 0 Å². The number of thiophene rings is 1. The Morgan fingerprint density at radius 3 is 2.67 bits per heavy atom. The van der Waals surface area contributed by atoms with Crippen LogP contribution in [0.1, 0.15) is 34.5 Å². The molecular weight excluding hydrogens is 403 g/mol. The van der Waals surface area contributed by atoms with E-state index in [2.05, 4.69) is 30.5 Å². The van der Waals surface area contributed by atoms with Gasteiger partial charge in [0.05, 0.1) is 12.6 Å². The lowest BCUT2D eigenvalue weighted by atomic mass is 9.90. The molecule has 7 heteroatoms. The van der Waals surface area contributed by atoms with Gasteiger partial charge in [0.15, 0.2) is 4.84 Å². The van der Waals surface area contributed by atoms with Crippen LogP contribution in [-0.2, 0) is 16.0 Å². The van der Waals surface area contributed by atoms with Crippen molar-refractivity contribution in [2.24, 2.45) is 0 Å². The molecule has 0 saturated heterocycles. The van der Waals surface area contributed by atoms with Gasteiger partial charge in [-0.3, -0.25) is 9.59 Å². The fourth-order valence-electron chi connectivity index (χ4n) is 3.55. The van der Waals surface area contributed by atoms with Crippen LogP contribution in [-0.4, -0.2) is 46.1 Å². The molecule has 0 aliphatic carbocycles. The van der Waals surface area contributed by atoms with E-state index in [9.17, 15) is 9.59 Å². The monoisotopic (exact) mass is 424 g/mol. The van der Waals surface area contributed by atoms with Crippen LogP contribution in [0.2, 0.25) is 0 Å². The predicted octanol–water partition coefficient (Wildman–Crippen LogP) is 4.18. The molecule has 0 N–H and O–H groups in total. The molecule has 4 nitrogen and oxygen atoms in total. The van der Waals surface area contributed by atoms with E-state index in [1.54, 1.807) is 11.3 Å². The standard InChI is InChI=1S/C20H22Cl2N2O2S/c1-3-23(20(26)19(21)22)12-17(25)24-10-8-16-15(9-11-27-16)18(24)14-7-5-4-6-13(14)2/h4-7,9,11,18-19H,3,8,10,12H2,1-2H3. The largest absolute Gasteiger partial charge is 0.331 e. The fraction of sp³-hybridized carbons (Fsp3) is 0.400. The molecule has 2 heterocycles. The SMILES string of the molecule is CCN(CC(=O)N1CCc2sccc2C1c1ccccc1C)C(=O)C(Cl)Cl. The zero-order chi connectivity index (χ0) is 19.6. The summed E-state index contributed by atoms with van der Waals surface area (Å²) in [5.41, 5.74) is 3.44. The van der Waals surface area contributed by atoms with Gasteiger partial charge in [-0.25, -0.2) is 0 Å². The van der Waals surface area contributed by atoms with Crippen molar-refractivity contribution in [1.29, 1.82) is 0 Å². The van der Waals surface area contributed by atoms with Gasteiger partial charge in [-0.15, -0.1) is 11.3 Å².